The van der Waals surface area contributed by atoms with E-state index in [1.165, 1.54) is 6.07 Å². The molecule has 3 unspecified atom stereocenters. The van der Waals surface area contributed by atoms with Gasteiger partial charge < -0.3 is 10.2 Å². The molecule has 0 aliphatic carbocycles. The number of nitrogens with zero attached hydrogens (tertiary/aromatic N) is 1. The van der Waals surface area contributed by atoms with E-state index in [9.17, 15) is 14.6 Å². The van der Waals surface area contributed by atoms with Crippen LogP contribution in [0.4, 0.5) is 4.39 Å². The minimum atomic E-state index is -0.804. The third-order valence-electron chi connectivity index (χ3n) is 4.00. The van der Waals surface area contributed by atoms with E-state index >= 15 is 0 Å². The van der Waals surface area contributed by atoms with Gasteiger partial charge in [-0.25, -0.2) is 4.39 Å². The van der Waals surface area contributed by atoms with E-state index in [0.29, 0.717) is 12.1 Å². The van der Waals surface area contributed by atoms with Gasteiger partial charge in [-0.3, -0.25) is 4.90 Å². The molecule has 1 aromatic carbocycles. The van der Waals surface area contributed by atoms with Gasteiger partial charge in [0.2, 0.25) is 0 Å². The Kier molecular flexibility index (Phi) is 4.91. The lowest BCUT2D eigenvalue weighted by atomic mass is 9.96. The van der Waals surface area contributed by atoms with Gasteiger partial charge in [-0.15, -0.1) is 0 Å². The lowest BCUT2D eigenvalue weighted by molar-refractivity contribution is 0.0705. The van der Waals surface area contributed by atoms with Crippen molar-refractivity contribution >= 4 is 0 Å². The lowest BCUT2D eigenvalue weighted by Gasteiger charge is -2.28. The Bertz CT molecular complexity index is 413. The number of aliphatic hydroxyl groups excluding tert-OH is 2. The van der Waals surface area contributed by atoms with Gasteiger partial charge in [-0.1, -0.05) is 25.1 Å². The van der Waals surface area contributed by atoms with Crippen LogP contribution in [0.25, 0.3) is 0 Å². The molecule has 1 aliphatic rings. The van der Waals surface area contributed by atoms with Crippen LogP contribution >= 0.6 is 0 Å². The second-order valence-electron chi connectivity index (χ2n) is 5.42. The van der Waals surface area contributed by atoms with Gasteiger partial charge in [0.05, 0.1) is 12.7 Å². The molecular weight excluding hydrogens is 245 g/mol. The third-order valence-corrected chi connectivity index (χ3v) is 4.00. The number of benzene rings is 1. The minimum absolute atomic E-state index is 0.0657. The van der Waals surface area contributed by atoms with Crippen molar-refractivity contribution in [3.05, 3.63) is 35.6 Å². The zero-order valence-corrected chi connectivity index (χ0v) is 11.3. The first-order valence-electron chi connectivity index (χ1n) is 6.91. The summed E-state index contributed by atoms with van der Waals surface area (Å²) in [6.07, 6.45) is 1.27. The number of halogens is 1. The van der Waals surface area contributed by atoms with Crippen LogP contribution in [0, 0.1) is 11.7 Å². The maximum Gasteiger partial charge on any atom is 0.129 e. The van der Waals surface area contributed by atoms with E-state index in [-0.39, 0.29) is 24.4 Å². The second kappa shape index (κ2) is 6.46. The van der Waals surface area contributed by atoms with E-state index < -0.39 is 6.10 Å². The van der Waals surface area contributed by atoms with E-state index in [1.54, 1.807) is 18.2 Å². The highest BCUT2D eigenvalue weighted by Gasteiger charge is 2.28. The summed E-state index contributed by atoms with van der Waals surface area (Å²) in [5.74, 6) is -0.425. The number of hydrogen-bond acceptors (Lipinski definition) is 3. The van der Waals surface area contributed by atoms with Gasteiger partial charge in [0.1, 0.15) is 5.82 Å². The van der Waals surface area contributed by atoms with E-state index in [1.807, 2.05) is 6.92 Å². The number of hydrogen-bond donors (Lipinski definition) is 2. The van der Waals surface area contributed by atoms with Gasteiger partial charge in [-0.2, -0.15) is 0 Å². The number of rotatable bonds is 5. The molecule has 3 nitrogen and oxygen atoms in total. The van der Waals surface area contributed by atoms with Crippen molar-refractivity contribution in [2.75, 3.05) is 19.7 Å². The highest BCUT2D eigenvalue weighted by atomic mass is 19.1. The standard InChI is InChI=1S/C15H22FNO2/c1-11(9-17-8-4-5-12(17)10-18)15(19)13-6-2-3-7-14(13)16/h2-3,6-7,11-12,15,18-19H,4-5,8-10H2,1H3. The van der Waals surface area contributed by atoms with Crippen LogP contribution in [-0.2, 0) is 0 Å². The van der Waals surface area contributed by atoms with Crippen LogP contribution in [0.1, 0.15) is 31.4 Å². The molecule has 1 saturated heterocycles. The summed E-state index contributed by atoms with van der Waals surface area (Å²) in [5, 5.41) is 19.5. The van der Waals surface area contributed by atoms with Gasteiger partial charge in [0, 0.05) is 18.2 Å². The average molecular weight is 267 g/mol. The summed E-state index contributed by atoms with van der Waals surface area (Å²) in [4.78, 5) is 2.19. The molecule has 0 bridgehead atoms. The van der Waals surface area contributed by atoms with Crippen molar-refractivity contribution in [3.8, 4) is 0 Å². The maximum absolute atomic E-state index is 13.6. The fraction of sp³-hybridized carbons (Fsp3) is 0.600. The van der Waals surface area contributed by atoms with E-state index in [2.05, 4.69) is 4.90 Å². The Morgan fingerprint density at radius 2 is 2.16 bits per heavy atom. The summed E-state index contributed by atoms with van der Waals surface area (Å²) >= 11 is 0. The molecule has 2 N–H and O–H groups in total. The van der Waals surface area contributed by atoms with Crippen LogP contribution in [0.2, 0.25) is 0 Å². The second-order valence-corrected chi connectivity index (χ2v) is 5.42. The van der Waals surface area contributed by atoms with Crippen LogP contribution in [0.15, 0.2) is 24.3 Å². The lowest BCUT2D eigenvalue weighted by Crippen LogP contribution is -2.37. The molecule has 1 fully saturated rings. The Morgan fingerprint density at radius 1 is 1.42 bits per heavy atom. The third kappa shape index (κ3) is 3.32. The molecule has 0 saturated carbocycles. The average Bonchev–Trinajstić information content (AvgIpc) is 2.85. The van der Waals surface area contributed by atoms with E-state index in [0.717, 1.165) is 19.4 Å². The molecule has 1 heterocycles. The predicted octanol–water partition coefficient (Wildman–Crippen LogP) is 1.95. The normalized spacial score (nSPS) is 23.5. The SMILES string of the molecule is CC(CN1CCCC1CO)C(O)c1ccccc1F. The van der Waals surface area contributed by atoms with Crippen molar-refractivity contribution in [1.82, 2.24) is 4.90 Å². The van der Waals surface area contributed by atoms with Crippen LogP contribution in [0.3, 0.4) is 0 Å². The number of aliphatic hydroxyl groups is 2. The Morgan fingerprint density at radius 3 is 2.84 bits per heavy atom. The topological polar surface area (TPSA) is 43.7 Å². The summed E-state index contributed by atoms with van der Waals surface area (Å²) in [7, 11) is 0. The van der Waals surface area contributed by atoms with Gasteiger partial charge in [0.25, 0.3) is 0 Å². The largest absolute Gasteiger partial charge is 0.395 e. The minimum Gasteiger partial charge on any atom is -0.395 e. The van der Waals surface area contributed by atoms with Crippen LogP contribution in [-0.4, -0.2) is 40.9 Å². The molecule has 1 aromatic rings. The van der Waals surface area contributed by atoms with Crippen molar-refractivity contribution in [2.45, 2.75) is 31.9 Å². The van der Waals surface area contributed by atoms with E-state index in [4.69, 9.17) is 0 Å². The highest BCUT2D eigenvalue weighted by Crippen LogP contribution is 2.27. The Balaban J connectivity index is 1.99. The highest BCUT2D eigenvalue weighted by molar-refractivity contribution is 5.20. The molecule has 19 heavy (non-hydrogen) atoms. The van der Waals surface area contributed by atoms with Gasteiger partial charge in [-0.05, 0) is 31.4 Å². The van der Waals surface area contributed by atoms with Crippen LogP contribution in [0.5, 0.6) is 0 Å². The maximum atomic E-state index is 13.6. The zero-order chi connectivity index (χ0) is 13.8. The molecule has 1 aliphatic heterocycles. The first-order valence-corrected chi connectivity index (χ1v) is 6.91. The first-order chi connectivity index (χ1) is 9.13. The quantitative estimate of drug-likeness (QED) is 0.857. The first kappa shape index (κ1) is 14.4. The summed E-state index contributed by atoms with van der Waals surface area (Å²) in [6.45, 7) is 3.70. The molecule has 2 rings (SSSR count). The monoisotopic (exact) mass is 267 g/mol. The smallest absolute Gasteiger partial charge is 0.129 e. The fourth-order valence-electron chi connectivity index (χ4n) is 2.83. The summed E-state index contributed by atoms with van der Waals surface area (Å²) in [5.41, 5.74) is 0.356. The molecule has 0 amide bonds. The van der Waals surface area contributed by atoms with Crippen molar-refractivity contribution in [1.29, 1.82) is 0 Å². The summed E-state index contributed by atoms with van der Waals surface area (Å²) in [6, 6.07) is 6.55. The van der Waals surface area contributed by atoms with Crippen LogP contribution < -0.4 is 0 Å². The molecule has 106 valence electrons. The zero-order valence-electron chi connectivity index (χ0n) is 11.3. The molecule has 3 atom stereocenters. The fourth-order valence-corrected chi connectivity index (χ4v) is 2.83. The van der Waals surface area contributed by atoms with Crippen molar-refractivity contribution < 1.29 is 14.6 Å². The Hall–Kier alpha value is -0.970. The van der Waals surface area contributed by atoms with Crippen molar-refractivity contribution in [2.24, 2.45) is 5.92 Å². The van der Waals surface area contributed by atoms with Gasteiger partial charge >= 0.3 is 0 Å². The molecule has 0 radical (unpaired) electrons. The molecule has 4 heteroatoms. The predicted molar refractivity (Wildman–Crippen MR) is 72.2 cm³/mol. The Labute approximate surface area is 113 Å². The molecule has 0 aromatic heterocycles. The summed E-state index contributed by atoms with van der Waals surface area (Å²) < 4.78 is 13.6. The molecular formula is C15H22FNO2. The van der Waals surface area contributed by atoms with Crippen molar-refractivity contribution in [3.63, 3.8) is 0 Å². The molecule has 0 spiro atoms. The number of likely N-dealkylation sites (tertiary alicyclic amines) is 1. The van der Waals surface area contributed by atoms with Gasteiger partial charge in [0.15, 0.2) is 0 Å².